The summed E-state index contributed by atoms with van der Waals surface area (Å²) in [5.41, 5.74) is 1.73. The van der Waals surface area contributed by atoms with E-state index in [1.165, 1.54) is 6.07 Å². The van der Waals surface area contributed by atoms with Gasteiger partial charge in [-0.1, -0.05) is 0 Å². The number of phenolic OH excluding ortho intramolecular Hbond substituents is 2. The van der Waals surface area contributed by atoms with Crippen molar-refractivity contribution >= 4 is 5.97 Å². The first-order valence-corrected chi connectivity index (χ1v) is 4.61. The molecule has 0 aromatic heterocycles. The van der Waals surface area contributed by atoms with Gasteiger partial charge in [0.05, 0.1) is 5.92 Å². The van der Waals surface area contributed by atoms with Crippen molar-refractivity contribution < 1.29 is 20.1 Å². The van der Waals surface area contributed by atoms with Gasteiger partial charge in [0.2, 0.25) is 0 Å². The number of hydrogen-bond acceptors (Lipinski definition) is 3. The van der Waals surface area contributed by atoms with Gasteiger partial charge in [-0.3, -0.25) is 4.79 Å². The minimum atomic E-state index is -0.956. The van der Waals surface area contributed by atoms with Gasteiger partial charge in [0.25, 0.3) is 0 Å². The van der Waals surface area contributed by atoms with Crippen molar-refractivity contribution in [3.63, 3.8) is 0 Å². The van der Waals surface area contributed by atoms with Crippen LogP contribution >= 0.6 is 0 Å². The fraction of sp³-hybridized carbons (Fsp3) is 0.364. The average molecular weight is 210 g/mol. The maximum absolute atomic E-state index is 10.8. The summed E-state index contributed by atoms with van der Waals surface area (Å²) >= 11 is 0. The highest BCUT2D eigenvalue weighted by atomic mass is 16.4. The Hall–Kier alpha value is -1.71. The molecule has 0 bridgehead atoms. The third-order valence-electron chi connectivity index (χ3n) is 2.72. The fourth-order valence-electron chi connectivity index (χ4n) is 1.49. The first-order valence-electron chi connectivity index (χ1n) is 4.61. The van der Waals surface area contributed by atoms with Gasteiger partial charge in [-0.2, -0.15) is 0 Å². The van der Waals surface area contributed by atoms with Crippen LogP contribution in [-0.2, 0) is 4.79 Å². The lowest BCUT2D eigenvalue weighted by molar-refractivity contribution is -0.138. The number of hydrogen-bond donors (Lipinski definition) is 3. The van der Waals surface area contributed by atoms with E-state index in [9.17, 15) is 15.0 Å². The molecule has 0 fully saturated rings. The highest BCUT2D eigenvalue weighted by molar-refractivity contribution is 5.77. The summed E-state index contributed by atoms with van der Waals surface area (Å²) in [4.78, 5) is 10.8. The minimum absolute atomic E-state index is 0.186. The van der Waals surface area contributed by atoms with Crippen molar-refractivity contribution in [3.8, 4) is 11.5 Å². The molecule has 0 amide bonds. The summed E-state index contributed by atoms with van der Waals surface area (Å²) < 4.78 is 0. The first kappa shape index (κ1) is 11.4. The molecule has 0 spiro atoms. The van der Waals surface area contributed by atoms with Crippen molar-refractivity contribution in [1.82, 2.24) is 0 Å². The molecule has 1 aromatic rings. The standard InChI is InChI=1S/C11H14O4/c1-5-6(2)10(13)9(12)4-8(5)7(3)11(14)15/h4,7,12-13H,1-3H3,(H,14,15). The Labute approximate surface area is 87.8 Å². The number of benzene rings is 1. The van der Waals surface area contributed by atoms with Crippen LogP contribution in [0, 0.1) is 13.8 Å². The Bertz CT molecular complexity index is 410. The topological polar surface area (TPSA) is 77.8 Å². The quantitative estimate of drug-likeness (QED) is 0.651. The van der Waals surface area contributed by atoms with E-state index in [1.807, 2.05) is 0 Å². The normalized spacial score (nSPS) is 12.5. The molecule has 1 unspecified atom stereocenters. The van der Waals surface area contributed by atoms with E-state index in [4.69, 9.17) is 5.11 Å². The lowest BCUT2D eigenvalue weighted by Gasteiger charge is -2.14. The van der Waals surface area contributed by atoms with E-state index in [2.05, 4.69) is 0 Å². The maximum atomic E-state index is 10.8. The van der Waals surface area contributed by atoms with Gasteiger partial charge in [-0.15, -0.1) is 0 Å². The highest BCUT2D eigenvalue weighted by Gasteiger charge is 2.20. The van der Waals surface area contributed by atoms with Crippen LogP contribution in [-0.4, -0.2) is 21.3 Å². The molecule has 0 aliphatic heterocycles. The molecule has 15 heavy (non-hydrogen) atoms. The summed E-state index contributed by atoms with van der Waals surface area (Å²) in [5.74, 6) is -2.12. The van der Waals surface area contributed by atoms with E-state index in [1.54, 1.807) is 20.8 Å². The van der Waals surface area contributed by atoms with E-state index in [0.717, 1.165) is 0 Å². The Morgan fingerprint density at radius 1 is 1.27 bits per heavy atom. The average Bonchev–Trinajstić information content (AvgIpc) is 2.19. The van der Waals surface area contributed by atoms with Crippen LogP contribution in [0.3, 0.4) is 0 Å². The van der Waals surface area contributed by atoms with Crippen molar-refractivity contribution in [3.05, 3.63) is 22.8 Å². The molecule has 1 rings (SSSR count). The first-order chi connectivity index (χ1) is 6.86. The molecule has 4 nitrogen and oxygen atoms in total. The van der Waals surface area contributed by atoms with E-state index < -0.39 is 11.9 Å². The Kier molecular flexibility index (Phi) is 2.88. The summed E-state index contributed by atoms with van der Waals surface area (Å²) in [6, 6.07) is 1.30. The molecule has 1 atom stereocenters. The van der Waals surface area contributed by atoms with Crippen LogP contribution in [0.25, 0.3) is 0 Å². The van der Waals surface area contributed by atoms with E-state index in [0.29, 0.717) is 16.7 Å². The predicted octanol–water partition coefficient (Wildman–Crippen LogP) is 1.90. The van der Waals surface area contributed by atoms with Gasteiger partial charge in [-0.05, 0) is 43.5 Å². The molecule has 0 saturated carbocycles. The molecule has 1 aromatic carbocycles. The fourth-order valence-corrected chi connectivity index (χ4v) is 1.49. The van der Waals surface area contributed by atoms with Crippen molar-refractivity contribution in [2.75, 3.05) is 0 Å². The number of aliphatic carboxylic acids is 1. The van der Waals surface area contributed by atoms with Crippen LogP contribution in [0.5, 0.6) is 11.5 Å². The van der Waals surface area contributed by atoms with E-state index >= 15 is 0 Å². The SMILES string of the molecule is Cc1c(C(C)C(=O)O)cc(O)c(O)c1C. The van der Waals surface area contributed by atoms with Crippen LogP contribution < -0.4 is 0 Å². The lowest BCUT2D eigenvalue weighted by atomic mass is 9.92. The summed E-state index contributed by atoms with van der Waals surface area (Å²) in [7, 11) is 0. The van der Waals surface area contributed by atoms with Gasteiger partial charge in [0, 0.05) is 0 Å². The molecule has 0 aliphatic carbocycles. The predicted molar refractivity (Wildman–Crippen MR) is 55.3 cm³/mol. The second-order valence-corrected chi connectivity index (χ2v) is 3.64. The zero-order valence-corrected chi connectivity index (χ0v) is 8.90. The summed E-state index contributed by atoms with van der Waals surface area (Å²) in [6.45, 7) is 4.91. The van der Waals surface area contributed by atoms with Gasteiger partial charge < -0.3 is 15.3 Å². The monoisotopic (exact) mass is 210 g/mol. The van der Waals surface area contributed by atoms with Crippen molar-refractivity contribution in [2.45, 2.75) is 26.7 Å². The molecule has 0 aliphatic rings. The van der Waals surface area contributed by atoms with Crippen LogP contribution in [0.15, 0.2) is 6.07 Å². The Morgan fingerprint density at radius 3 is 2.27 bits per heavy atom. The number of carbonyl (C=O) groups is 1. The zero-order chi connectivity index (χ0) is 11.7. The van der Waals surface area contributed by atoms with Crippen LogP contribution in [0.2, 0.25) is 0 Å². The number of carboxylic acid groups (broad SMARTS) is 1. The number of carboxylic acids is 1. The third kappa shape index (κ3) is 1.88. The Morgan fingerprint density at radius 2 is 1.80 bits per heavy atom. The van der Waals surface area contributed by atoms with Crippen molar-refractivity contribution in [1.29, 1.82) is 0 Å². The second-order valence-electron chi connectivity index (χ2n) is 3.64. The smallest absolute Gasteiger partial charge is 0.310 e. The zero-order valence-electron chi connectivity index (χ0n) is 8.90. The molecule has 0 heterocycles. The van der Waals surface area contributed by atoms with Crippen molar-refractivity contribution in [2.24, 2.45) is 0 Å². The third-order valence-corrected chi connectivity index (χ3v) is 2.72. The maximum Gasteiger partial charge on any atom is 0.310 e. The number of phenols is 2. The highest BCUT2D eigenvalue weighted by Crippen LogP contribution is 2.35. The molecule has 0 radical (unpaired) electrons. The van der Waals surface area contributed by atoms with Gasteiger partial charge in [-0.25, -0.2) is 0 Å². The van der Waals surface area contributed by atoms with Gasteiger partial charge in [0.1, 0.15) is 0 Å². The molecule has 4 heteroatoms. The van der Waals surface area contributed by atoms with E-state index in [-0.39, 0.29) is 11.5 Å². The molecular formula is C11H14O4. The van der Waals surface area contributed by atoms with Crippen LogP contribution in [0.4, 0.5) is 0 Å². The van der Waals surface area contributed by atoms with Gasteiger partial charge in [0.15, 0.2) is 11.5 Å². The number of aromatic hydroxyl groups is 2. The molecular weight excluding hydrogens is 196 g/mol. The molecule has 3 N–H and O–H groups in total. The molecule has 0 saturated heterocycles. The largest absolute Gasteiger partial charge is 0.504 e. The van der Waals surface area contributed by atoms with Gasteiger partial charge >= 0.3 is 5.97 Å². The molecule has 82 valence electrons. The second kappa shape index (κ2) is 3.81. The summed E-state index contributed by atoms with van der Waals surface area (Å²) in [6.07, 6.45) is 0. The van der Waals surface area contributed by atoms with Crippen LogP contribution in [0.1, 0.15) is 29.5 Å². The summed E-state index contributed by atoms with van der Waals surface area (Å²) in [5, 5.41) is 27.7. The lowest BCUT2D eigenvalue weighted by Crippen LogP contribution is -2.09. The number of rotatable bonds is 2. The Balaban J connectivity index is 3.38. The minimum Gasteiger partial charge on any atom is -0.504 e.